The molecule has 0 atom stereocenters. The predicted molar refractivity (Wildman–Crippen MR) is 58.3 cm³/mol. The fourth-order valence-corrected chi connectivity index (χ4v) is 1.83. The number of hydrogen-bond donors (Lipinski definition) is 0. The molecule has 0 fully saturated rings. The number of rotatable bonds is 3. The molecule has 0 aliphatic heterocycles. The lowest BCUT2D eigenvalue weighted by atomic mass is 9.89. The van der Waals surface area contributed by atoms with Gasteiger partial charge in [-0.2, -0.15) is 0 Å². The van der Waals surface area contributed by atoms with E-state index in [1.165, 1.54) is 24.2 Å². The Morgan fingerprint density at radius 2 is 1.93 bits per heavy atom. The smallest absolute Gasteiger partial charge is 0.0864 e. The molecule has 0 aliphatic carbocycles. The van der Waals surface area contributed by atoms with Crippen LogP contribution in [0.4, 0.5) is 0 Å². The van der Waals surface area contributed by atoms with Crippen molar-refractivity contribution in [3.63, 3.8) is 0 Å². The monoisotopic (exact) mass is 195 g/mol. The van der Waals surface area contributed by atoms with Crippen LogP contribution in [0, 0.1) is 0 Å². The maximum Gasteiger partial charge on any atom is 0.0864 e. The highest BCUT2D eigenvalue weighted by Crippen LogP contribution is 2.24. The van der Waals surface area contributed by atoms with Crippen molar-refractivity contribution >= 4 is 0 Å². The van der Waals surface area contributed by atoms with Crippen LogP contribution in [0.15, 0.2) is 0 Å². The Hall–Kier alpha value is -0.860. The summed E-state index contributed by atoms with van der Waals surface area (Å²) >= 11 is 0. The van der Waals surface area contributed by atoms with E-state index in [9.17, 15) is 0 Å². The molecule has 0 saturated carbocycles. The zero-order chi connectivity index (χ0) is 10.8. The standard InChI is InChI=1S/C11H21N3/c1-6-7-8-9-10(11(2,3)4)14(5)13-12-9/h6-8H2,1-5H3. The Morgan fingerprint density at radius 3 is 2.43 bits per heavy atom. The maximum absolute atomic E-state index is 4.23. The van der Waals surface area contributed by atoms with Gasteiger partial charge in [-0.1, -0.05) is 39.3 Å². The summed E-state index contributed by atoms with van der Waals surface area (Å²) in [6.45, 7) is 8.83. The molecule has 0 radical (unpaired) electrons. The predicted octanol–water partition coefficient (Wildman–Crippen LogP) is 2.46. The third-order valence-corrected chi connectivity index (χ3v) is 2.37. The van der Waals surface area contributed by atoms with E-state index in [0.29, 0.717) is 0 Å². The van der Waals surface area contributed by atoms with E-state index in [2.05, 4.69) is 38.0 Å². The summed E-state index contributed by atoms with van der Waals surface area (Å²) in [5, 5.41) is 8.34. The Bertz CT molecular complexity index is 294. The van der Waals surface area contributed by atoms with Gasteiger partial charge < -0.3 is 0 Å². The van der Waals surface area contributed by atoms with Crippen LogP contribution in [-0.4, -0.2) is 15.0 Å². The summed E-state index contributed by atoms with van der Waals surface area (Å²) in [7, 11) is 1.98. The van der Waals surface area contributed by atoms with E-state index in [0.717, 1.165) is 6.42 Å². The van der Waals surface area contributed by atoms with E-state index in [4.69, 9.17) is 0 Å². The number of nitrogens with zero attached hydrogens (tertiary/aromatic N) is 3. The first kappa shape index (κ1) is 11.2. The molecule has 0 aliphatic rings. The third kappa shape index (κ3) is 2.34. The van der Waals surface area contributed by atoms with Crippen molar-refractivity contribution in [2.75, 3.05) is 0 Å². The van der Waals surface area contributed by atoms with Gasteiger partial charge in [0.2, 0.25) is 0 Å². The zero-order valence-corrected chi connectivity index (χ0v) is 9.96. The summed E-state index contributed by atoms with van der Waals surface area (Å²) in [6, 6.07) is 0. The molecule has 1 heterocycles. The third-order valence-electron chi connectivity index (χ3n) is 2.37. The van der Waals surface area contributed by atoms with Crippen LogP contribution < -0.4 is 0 Å². The molecule has 0 spiro atoms. The molecule has 3 nitrogen and oxygen atoms in total. The number of aromatic nitrogens is 3. The fraction of sp³-hybridized carbons (Fsp3) is 0.818. The van der Waals surface area contributed by atoms with Crippen LogP contribution in [0.1, 0.15) is 51.9 Å². The number of unbranched alkanes of at least 4 members (excludes halogenated alkanes) is 1. The summed E-state index contributed by atoms with van der Waals surface area (Å²) in [4.78, 5) is 0. The molecule has 0 bridgehead atoms. The van der Waals surface area contributed by atoms with Crippen molar-refractivity contribution in [2.24, 2.45) is 7.05 Å². The van der Waals surface area contributed by atoms with Gasteiger partial charge in [-0.25, -0.2) is 0 Å². The van der Waals surface area contributed by atoms with Gasteiger partial charge in [0, 0.05) is 12.5 Å². The van der Waals surface area contributed by atoms with Crippen LogP contribution >= 0.6 is 0 Å². The van der Waals surface area contributed by atoms with Crippen LogP contribution in [0.3, 0.4) is 0 Å². The lowest BCUT2D eigenvalue weighted by molar-refractivity contribution is 0.515. The van der Waals surface area contributed by atoms with E-state index >= 15 is 0 Å². The molecule has 0 aromatic carbocycles. The SMILES string of the molecule is CCCCc1nnn(C)c1C(C)(C)C. The van der Waals surface area contributed by atoms with E-state index in [-0.39, 0.29) is 5.41 Å². The lowest BCUT2D eigenvalue weighted by Crippen LogP contribution is -2.18. The average Bonchev–Trinajstić information content (AvgIpc) is 2.42. The topological polar surface area (TPSA) is 30.7 Å². The van der Waals surface area contributed by atoms with Crippen molar-refractivity contribution in [1.29, 1.82) is 0 Å². The van der Waals surface area contributed by atoms with E-state index in [1.54, 1.807) is 0 Å². The molecule has 3 heteroatoms. The Morgan fingerprint density at radius 1 is 1.29 bits per heavy atom. The molecule has 80 valence electrons. The first-order valence-corrected chi connectivity index (χ1v) is 5.36. The second-order valence-corrected chi connectivity index (χ2v) is 4.86. The highest BCUT2D eigenvalue weighted by Gasteiger charge is 2.23. The van der Waals surface area contributed by atoms with E-state index in [1.807, 2.05) is 11.7 Å². The molecule has 1 aromatic rings. The number of aryl methyl sites for hydroxylation is 2. The summed E-state index contributed by atoms with van der Waals surface area (Å²) in [6.07, 6.45) is 3.46. The second kappa shape index (κ2) is 4.11. The summed E-state index contributed by atoms with van der Waals surface area (Å²) < 4.78 is 1.91. The van der Waals surface area contributed by atoms with E-state index < -0.39 is 0 Å². The van der Waals surface area contributed by atoms with Crippen LogP contribution in [0.5, 0.6) is 0 Å². The van der Waals surface area contributed by atoms with Crippen molar-refractivity contribution in [1.82, 2.24) is 15.0 Å². The minimum absolute atomic E-state index is 0.140. The van der Waals surface area contributed by atoms with Crippen molar-refractivity contribution in [3.05, 3.63) is 11.4 Å². The Kier molecular flexibility index (Phi) is 3.29. The van der Waals surface area contributed by atoms with Gasteiger partial charge in [0.15, 0.2) is 0 Å². The summed E-state index contributed by atoms with van der Waals surface area (Å²) in [5.74, 6) is 0. The number of hydrogen-bond acceptors (Lipinski definition) is 2. The minimum Gasteiger partial charge on any atom is -0.252 e. The van der Waals surface area contributed by atoms with Crippen molar-refractivity contribution in [2.45, 2.75) is 52.4 Å². The zero-order valence-electron chi connectivity index (χ0n) is 9.96. The Labute approximate surface area is 86.5 Å². The molecule has 0 amide bonds. The minimum atomic E-state index is 0.140. The maximum atomic E-state index is 4.23. The van der Waals surface area contributed by atoms with Crippen LogP contribution in [-0.2, 0) is 18.9 Å². The van der Waals surface area contributed by atoms with Crippen molar-refractivity contribution in [3.8, 4) is 0 Å². The molecular weight excluding hydrogens is 174 g/mol. The van der Waals surface area contributed by atoms with Crippen molar-refractivity contribution < 1.29 is 0 Å². The molecular formula is C11H21N3. The quantitative estimate of drug-likeness (QED) is 0.741. The largest absolute Gasteiger partial charge is 0.252 e. The van der Waals surface area contributed by atoms with Gasteiger partial charge >= 0.3 is 0 Å². The summed E-state index contributed by atoms with van der Waals surface area (Å²) in [5.41, 5.74) is 2.58. The lowest BCUT2D eigenvalue weighted by Gasteiger charge is -2.19. The van der Waals surface area contributed by atoms with Crippen LogP contribution in [0.25, 0.3) is 0 Å². The molecule has 1 rings (SSSR count). The average molecular weight is 195 g/mol. The molecule has 0 N–H and O–H groups in total. The van der Waals surface area contributed by atoms with Gasteiger partial charge in [-0.05, 0) is 12.8 Å². The molecule has 1 aromatic heterocycles. The molecule has 14 heavy (non-hydrogen) atoms. The van der Waals surface area contributed by atoms with Gasteiger partial charge in [-0.3, -0.25) is 4.68 Å². The Balaban J connectivity index is 2.95. The normalized spacial score (nSPS) is 12.1. The molecule has 0 unspecified atom stereocenters. The van der Waals surface area contributed by atoms with Crippen LogP contribution in [0.2, 0.25) is 0 Å². The molecule has 0 saturated heterocycles. The van der Waals surface area contributed by atoms with Gasteiger partial charge in [-0.15, -0.1) is 5.10 Å². The highest BCUT2D eigenvalue weighted by molar-refractivity contribution is 5.19. The second-order valence-electron chi connectivity index (χ2n) is 4.86. The highest BCUT2D eigenvalue weighted by atomic mass is 15.4. The van der Waals surface area contributed by atoms with Gasteiger partial charge in [0.25, 0.3) is 0 Å². The first-order chi connectivity index (χ1) is 6.46. The van der Waals surface area contributed by atoms with Gasteiger partial charge in [0.05, 0.1) is 11.4 Å². The first-order valence-electron chi connectivity index (χ1n) is 5.36. The fourth-order valence-electron chi connectivity index (χ4n) is 1.83. The van der Waals surface area contributed by atoms with Gasteiger partial charge in [0.1, 0.15) is 0 Å².